The minimum atomic E-state index is -0.303. The highest BCUT2D eigenvalue weighted by atomic mass is 16.6. The van der Waals surface area contributed by atoms with Crippen LogP contribution in [0.1, 0.15) is 160 Å². The Bertz CT molecular complexity index is 1150. The van der Waals surface area contributed by atoms with Gasteiger partial charge in [-0.1, -0.05) is 41.5 Å². The lowest BCUT2D eigenvalue weighted by Gasteiger charge is -2.31. The van der Waals surface area contributed by atoms with Crippen molar-refractivity contribution in [2.45, 2.75) is 197 Å². The Morgan fingerprint density at radius 1 is 0.266 bits per heavy atom. The summed E-state index contributed by atoms with van der Waals surface area (Å²) >= 11 is 0. The number of hydrogen-bond acceptors (Lipinski definition) is 16. The van der Waals surface area contributed by atoms with Gasteiger partial charge in [0.1, 0.15) is 0 Å². The molecule has 0 aliphatic rings. The van der Waals surface area contributed by atoms with Gasteiger partial charge in [0.25, 0.3) is 0 Å². The Labute approximate surface area is 387 Å². The summed E-state index contributed by atoms with van der Waals surface area (Å²) in [7, 11) is 0. The molecule has 0 spiro atoms. The van der Waals surface area contributed by atoms with Crippen LogP contribution in [0.2, 0.25) is 0 Å². The lowest BCUT2D eigenvalue weighted by atomic mass is 10.2. The highest BCUT2D eigenvalue weighted by molar-refractivity contribution is 5.71. The van der Waals surface area contributed by atoms with E-state index in [2.05, 4.69) is 19.6 Å². The fourth-order valence-corrected chi connectivity index (χ4v) is 5.89. The smallest absolute Gasteiger partial charge is 0.307 e. The molecule has 0 heterocycles. The van der Waals surface area contributed by atoms with E-state index in [1.165, 1.54) is 0 Å². The second-order valence-corrected chi connectivity index (χ2v) is 17.1. The molecular formula is C48H90N4O12. The van der Waals surface area contributed by atoms with Crippen molar-refractivity contribution in [2.75, 3.05) is 78.5 Å². The van der Waals surface area contributed by atoms with Crippen molar-refractivity contribution in [2.24, 2.45) is 0 Å². The van der Waals surface area contributed by atoms with Gasteiger partial charge in [0, 0.05) is 78.5 Å². The maximum Gasteiger partial charge on any atom is 0.307 e. The van der Waals surface area contributed by atoms with Crippen molar-refractivity contribution in [3.63, 3.8) is 0 Å². The van der Waals surface area contributed by atoms with Crippen molar-refractivity contribution >= 4 is 35.8 Å². The third kappa shape index (κ3) is 32.3. The monoisotopic (exact) mass is 915 g/mol. The van der Waals surface area contributed by atoms with E-state index in [1.807, 2.05) is 83.1 Å². The Morgan fingerprint density at radius 3 is 0.516 bits per heavy atom. The summed E-state index contributed by atoms with van der Waals surface area (Å²) in [4.78, 5) is 85.1. The van der Waals surface area contributed by atoms with Crippen molar-refractivity contribution in [1.29, 1.82) is 0 Å². The van der Waals surface area contributed by atoms with Gasteiger partial charge in [-0.2, -0.15) is 0 Å². The molecule has 6 unspecified atom stereocenters. The maximum absolute atomic E-state index is 12.9. The molecule has 6 atom stereocenters. The predicted molar refractivity (Wildman–Crippen MR) is 249 cm³/mol. The van der Waals surface area contributed by atoms with E-state index in [1.54, 1.807) is 0 Å². The van der Waals surface area contributed by atoms with E-state index in [0.29, 0.717) is 117 Å². The quantitative estimate of drug-likeness (QED) is 0.0478. The largest absolute Gasteiger partial charge is 0.463 e. The molecule has 0 aromatic carbocycles. The molecule has 64 heavy (non-hydrogen) atoms. The average Bonchev–Trinajstić information content (AvgIpc) is 3.26. The van der Waals surface area contributed by atoms with E-state index < -0.39 is 0 Å². The summed E-state index contributed by atoms with van der Waals surface area (Å²) in [6.45, 7) is 28.3. The molecular weight excluding hydrogens is 825 g/mol. The Kier molecular flexibility index (Phi) is 34.9. The Hall–Kier alpha value is -3.34. The zero-order chi connectivity index (χ0) is 48.5. The van der Waals surface area contributed by atoms with Gasteiger partial charge >= 0.3 is 35.8 Å². The summed E-state index contributed by atoms with van der Waals surface area (Å²) in [6.07, 6.45) is 4.03. The Balaban J connectivity index is 6.40. The maximum atomic E-state index is 12.9. The molecule has 0 saturated heterocycles. The second kappa shape index (κ2) is 36.8. The number of rotatable bonds is 39. The van der Waals surface area contributed by atoms with Crippen LogP contribution in [-0.2, 0) is 57.2 Å². The SMILES string of the molecule is CCC(C)OC(=O)CCN(CCC(=O)OC(C)CC)CCN(CCC(=O)OC(C)CC)CCN(CCC(=O)OC(C)CC)CCN(CCC(=O)OC(C)CC)CCC(=O)OC(C)CC. The molecule has 16 heteroatoms. The van der Waals surface area contributed by atoms with Crippen LogP contribution in [0, 0.1) is 0 Å². The normalized spacial score (nSPS) is 14.4. The van der Waals surface area contributed by atoms with E-state index in [9.17, 15) is 28.8 Å². The van der Waals surface area contributed by atoms with Crippen molar-refractivity contribution in [3.05, 3.63) is 0 Å². The van der Waals surface area contributed by atoms with E-state index in [4.69, 9.17) is 28.4 Å². The molecule has 0 bridgehead atoms. The third-order valence-electron chi connectivity index (χ3n) is 11.4. The van der Waals surface area contributed by atoms with Gasteiger partial charge in [-0.3, -0.25) is 28.8 Å². The number of hydrogen-bond donors (Lipinski definition) is 0. The summed E-state index contributed by atoms with van der Waals surface area (Å²) < 4.78 is 33.3. The van der Waals surface area contributed by atoms with Crippen molar-refractivity contribution in [3.8, 4) is 0 Å². The minimum absolute atomic E-state index is 0.160. The van der Waals surface area contributed by atoms with Gasteiger partial charge in [-0.25, -0.2) is 0 Å². The average molecular weight is 915 g/mol. The van der Waals surface area contributed by atoms with E-state index in [0.717, 1.165) is 0 Å². The molecule has 0 radical (unpaired) electrons. The first-order chi connectivity index (χ1) is 30.4. The zero-order valence-corrected chi connectivity index (χ0v) is 42.1. The van der Waals surface area contributed by atoms with Gasteiger partial charge in [0.2, 0.25) is 0 Å². The molecule has 0 aliphatic carbocycles. The summed E-state index contributed by atoms with van der Waals surface area (Å²) in [5.41, 5.74) is 0. The molecule has 16 nitrogen and oxygen atoms in total. The van der Waals surface area contributed by atoms with E-state index in [-0.39, 0.29) is 111 Å². The van der Waals surface area contributed by atoms with Crippen LogP contribution < -0.4 is 0 Å². The van der Waals surface area contributed by atoms with Crippen LogP contribution in [-0.4, -0.2) is 171 Å². The molecule has 0 aromatic heterocycles. The number of esters is 6. The summed E-state index contributed by atoms with van der Waals surface area (Å²) in [5.74, 6) is -1.80. The molecule has 0 rings (SSSR count). The van der Waals surface area contributed by atoms with Crippen molar-refractivity contribution in [1.82, 2.24) is 19.6 Å². The lowest BCUT2D eigenvalue weighted by molar-refractivity contribution is -0.150. The molecule has 0 fully saturated rings. The fraction of sp³-hybridized carbons (Fsp3) is 0.875. The lowest BCUT2D eigenvalue weighted by Crippen LogP contribution is -2.44. The van der Waals surface area contributed by atoms with Crippen LogP contribution in [0.25, 0.3) is 0 Å². The molecule has 0 aromatic rings. The first kappa shape index (κ1) is 60.7. The number of carbonyl (C=O) groups is 6. The van der Waals surface area contributed by atoms with Crippen LogP contribution in [0.5, 0.6) is 0 Å². The fourth-order valence-electron chi connectivity index (χ4n) is 5.89. The molecule has 0 N–H and O–H groups in total. The van der Waals surface area contributed by atoms with Crippen LogP contribution in [0.4, 0.5) is 0 Å². The van der Waals surface area contributed by atoms with E-state index >= 15 is 0 Å². The molecule has 0 saturated carbocycles. The number of ether oxygens (including phenoxy) is 6. The molecule has 374 valence electrons. The van der Waals surface area contributed by atoms with Crippen LogP contribution in [0.3, 0.4) is 0 Å². The van der Waals surface area contributed by atoms with Crippen LogP contribution >= 0.6 is 0 Å². The first-order valence-corrected chi connectivity index (χ1v) is 24.4. The molecule has 0 aliphatic heterocycles. The van der Waals surface area contributed by atoms with Gasteiger partial charge in [-0.05, 0) is 80.1 Å². The summed E-state index contributed by atoms with van der Waals surface area (Å²) in [6, 6.07) is 0. The Morgan fingerprint density at radius 2 is 0.391 bits per heavy atom. The van der Waals surface area contributed by atoms with Gasteiger partial charge in [-0.15, -0.1) is 0 Å². The third-order valence-corrected chi connectivity index (χ3v) is 11.4. The second-order valence-electron chi connectivity index (χ2n) is 17.1. The van der Waals surface area contributed by atoms with Crippen molar-refractivity contribution < 1.29 is 57.2 Å². The predicted octanol–water partition coefficient (Wildman–Crippen LogP) is 6.59. The highest BCUT2D eigenvalue weighted by Crippen LogP contribution is 2.09. The van der Waals surface area contributed by atoms with Gasteiger partial charge < -0.3 is 48.0 Å². The number of nitrogens with zero attached hydrogens (tertiary/aromatic N) is 4. The number of carbonyl (C=O) groups excluding carboxylic acids is 6. The molecule has 0 amide bonds. The van der Waals surface area contributed by atoms with Gasteiger partial charge in [0.15, 0.2) is 0 Å². The standard InChI is InChI=1S/C48H90N4O12/c1-13-37(7)59-43(53)19-25-49(26-20-44(54)60-38(8)14-2)31-33-51(29-23-47(57)63-41(11)17-5)35-36-52(30-24-48(58)64-42(12)18-6)34-32-50(27-21-45(55)61-39(9)15-3)28-22-46(56)62-40(10)16-4/h37-42H,13-36H2,1-12H3. The first-order valence-electron chi connectivity index (χ1n) is 24.4. The zero-order valence-electron chi connectivity index (χ0n) is 42.1. The van der Waals surface area contributed by atoms with Gasteiger partial charge in [0.05, 0.1) is 75.1 Å². The topological polar surface area (TPSA) is 171 Å². The van der Waals surface area contributed by atoms with Crippen LogP contribution in [0.15, 0.2) is 0 Å². The minimum Gasteiger partial charge on any atom is -0.463 e. The summed E-state index contributed by atoms with van der Waals surface area (Å²) in [5, 5.41) is 0. The highest BCUT2D eigenvalue weighted by Gasteiger charge is 2.21.